The van der Waals surface area contributed by atoms with Crippen molar-refractivity contribution in [2.45, 2.75) is 44.0 Å². The number of aliphatic hydroxyl groups excluding tert-OH is 1. The Balaban J connectivity index is 1.59. The van der Waals surface area contributed by atoms with Crippen molar-refractivity contribution in [2.75, 3.05) is 20.3 Å². The molecule has 3 atom stereocenters. The van der Waals surface area contributed by atoms with E-state index in [0.717, 1.165) is 42.7 Å². The van der Waals surface area contributed by atoms with Crippen LogP contribution in [0, 0.1) is 0 Å². The van der Waals surface area contributed by atoms with E-state index in [4.69, 9.17) is 14.2 Å². The van der Waals surface area contributed by atoms with Gasteiger partial charge in [-0.05, 0) is 42.5 Å². The molecule has 1 aliphatic carbocycles. The number of hydrogen-bond acceptors (Lipinski definition) is 4. The van der Waals surface area contributed by atoms with Crippen molar-refractivity contribution in [1.82, 2.24) is 0 Å². The maximum absolute atomic E-state index is 10.4. The molecule has 1 fully saturated rings. The van der Waals surface area contributed by atoms with Crippen molar-refractivity contribution in [3.8, 4) is 5.75 Å². The number of ether oxygens (including phenoxy) is 3. The lowest BCUT2D eigenvalue weighted by atomic mass is 10.1. The Morgan fingerprint density at radius 3 is 3.00 bits per heavy atom. The molecule has 0 amide bonds. The standard InChI is InChI=1S/C16H22O4/c1-18-12-6-5-11-8-15(16(17)14(11)9-12)20-10-13-4-2-3-7-19-13/h5-6,9,13,15-17H,2-4,7-8,10H2,1H3. The molecule has 20 heavy (non-hydrogen) atoms. The largest absolute Gasteiger partial charge is 0.497 e. The van der Waals surface area contributed by atoms with Crippen molar-refractivity contribution in [3.05, 3.63) is 29.3 Å². The number of benzene rings is 1. The topological polar surface area (TPSA) is 47.9 Å². The molecule has 0 saturated carbocycles. The molecule has 3 unspecified atom stereocenters. The highest BCUT2D eigenvalue weighted by Gasteiger charge is 2.32. The summed E-state index contributed by atoms with van der Waals surface area (Å²) >= 11 is 0. The highest BCUT2D eigenvalue weighted by atomic mass is 16.5. The molecule has 1 aliphatic heterocycles. The quantitative estimate of drug-likeness (QED) is 0.917. The van der Waals surface area contributed by atoms with Crippen LogP contribution in [0.5, 0.6) is 5.75 Å². The van der Waals surface area contributed by atoms with E-state index in [9.17, 15) is 5.11 Å². The molecule has 3 rings (SSSR count). The van der Waals surface area contributed by atoms with E-state index >= 15 is 0 Å². The third kappa shape index (κ3) is 2.82. The normalized spacial score (nSPS) is 29.2. The number of rotatable bonds is 4. The summed E-state index contributed by atoms with van der Waals surface area (Å²) < 4.78 is 16.8. The van der Waals surface area contributed by atoms with Gasteiger partial charge in [0.15, 0.2) is 0 Å². The van der Waals surface area contributed by atoms with Crippen LogP contribution in [0.15, 0.2) is 18.2 Å². The molecule has 110 valence electrons. The molecule has 4 heteroatoms. The number of aliphatic hydroxyl groups is 1. The maximum atomic E-state index is 10.4. The SMILES string of the molecule is COc1ccc2c(c1)C(O)C(OCC1CCCCO1)C2. The van der Waals surface area contributed by atoms with Gasteiger partial charge in [-0.3, -0.25) is 0 Å². The van der Waals surface area contributed by atoms with Gasteiger partial charge in [-0.1, -0.05) is 6.07 Å². The lowest BCUT2D eigenvalue weighted by Crippen LogP contribution is -2.29. The Kier molecular flexibility index (Phi) is 4.24. The van der Waals surface area contributed by atoms with E-state index in [1.807, 2.05) is 18.2 Å². The molecule has 0 aromatic heterocycles. The van der Waals surface area contributed by atoms with Crippen molar-refractivity contribution in [1.29, 1.82) is 0 Å². The van der Waals surface area contributed by atoms with Gasteiger partial charge in [-0.2, -0.15) is 0 Å². The van der Waals surface area contributed by atoms with E-state index in [1.165, 1.54) is 6.42 Å². The molecule has 0 bridgehead atoms. The summed E-state index contributed by atoms with van der Waals surface area (Å²) in [5.41, 5.74) is 2.08. The van der Waals surface area contributed by atoms with Crippen LogP contribution >= 0.6 is 0 Å². The maximum Gasteiger partial charge on any atom is 0.119 e. The van der Waals surface area contributed by atoms with Gasteiger partial charge in [0.25, 0.3) is 0 Å². The molecular weight excluding hydrogens is 256 g/mol. The Bertz CT molecular complexity index is 454. The lowest BCUT2D eigenvalue weighted by Gasteiger charge is -2.25. The zero-order valence-corrected chi connectivity index (χ0v) is 11.9. The minimum absolute atomic E-state index is 0.164. The van der Waals surface area contributed by atoms with Gasteiger partial charge in [-0.15, -0.1) is 0 Å². The van der Waals surface area contributed by atoms with Crippen molar-refractivity contribution in [2.24, 2.45) is 0 Å². The average molecular weight is 278 g/mol. The third-order valence-electron chi connectivity index (χ3n) is 4.22. The van der Waals surface area contributed by atoms with Crippen LogP contribution in [0.1, 0.15) is 36.5 Å². The first kappa shape index (κ1) is 13.9. The van der Waals surface area contributed by atoms with Crippen molar-refractivity contribution < 1.29 is 19.3 Å². The highest BCUT2D eigenvalue weighted by molar-refractivity contribution is 5.41. The van der Waals surface area contributed by atoms with E-state index in [-0.39, 0.29) is 12.2 Å². The van der Waals surface area contributed by atoms with E-state index in [0.29, 0.717) is 6.61 Å². The Morgan fingerprint density at radius 1 is 1.35 bits per heavy atom. The van der Waals surface area contributed by atoms with Crippen LogP contribution in [0.25, 0.3) is 0 Å². The van der Waals surface area contributed by atoms with Gasteiger partial charge in [0, 0.05) is 13.0 Å². The summed E-state index contributed by atoms with van der Waals surface area (Å²) in [6.07, 6.45) is 3.63. The van der Waals surface area contributed by atoms with Crippen LogP contribution < -0.4 is 4.74 Å². The summed E-state index contributed by atoms with van der Waals surface area (Å²) in [5.74, 6) is 0.777. The summed E-state index contributed by atoms with van der Waals surface area (Å²) in [4.78, 5) is 0. The Labute approximate surface area is 119 Å². The summed E-state index contributed by atoms with van der Waals surface area (Å²) in [7, 11) is 1.64. The first-order valence-electron chi connectivity index (χ1n) is 7.36. The van der Waals surface area contributed by atoms with Gasteiger partial charge >= 0.3 is 0 Å². The molecule has 1 saturated heterocycles. The number of fused-ring (bicyclic) bond motifs is 1. The molecule has 2 aliphatic rings. The van der Waals surface area contributed by atoms with Crippen LogP contribution in [-0.4, -0.2) is 37.6 Å². The summed E-state index contributed by atoms with van der Waals surface area (Å²) in [6.45, 7) is 1.41. The number of hydrogen-bond donors (Lipinski definition) is 1. The first-order chi connectivity index (χ1) is 9.78. The van der Waals surface area contributed by atoms with Gasteiger partial charge in [0.05, 0.1) is 25.9 Å². The summed E-state index contributed by atoms with van der Waals surface area (Å²) in [5, 5.41) is 10.4. The molecule has 0 spiro atoms. The van der Waals surface area contributed by atoms with Gasteiger partial charge in [0.2, 0.25) is 0 Å². The fourth-order valence-electron chi connectivity index (χ4n) is 3.01. The smallest absolute Gasteiger partial charge is 0.119 e. The summed E-state index contributed by atoms with van der Waals surface area (Å²) in [6, 6.07) is 5.84. The molecule has 1 heterocycles. The van der Waals surface area contributed by atoms with Crippen LogP contribution in [0.4, 0.5) is 0 Å². The second-order valence-corrected chi connectivity index (χ2v) is 5.57. The van der Waals surface area contributed by atoms with Gasteiger partial charge in [0.1, 0.15) is 11.9 Å². The van der Waals surface area contributed by atoms with Crippen molar-refractivity contribution >= 4 is 0 Å². The number of methoxy groups -OCH3 is 1. The van der Waals surface area contributed by atoms with Crippen LogP contribution in [0.3, 0.4) is 0 Å². The fourth-order valence-corrected chi connectivity index (χ4v) is 3.01. The molecule has 4 nitrogen and oxygen atoms in total. The second kappa shape index (κ2) is 6.12. The lowest BCUT2D eigenvalue weighted by molar-refractivity contribution is -0.0891. The van der Waals surface area contributed by atoms with Crippen LogP contribution in [-0.2, 0) is 15.9 Å². The Morgan fingerprint density at radius 2 is 2.25 bits per heavy atom. The van der Waals surface area contributed by atoms with E-state index < -0.39 is 6.10 Å². The molecule has 1 N–H and O–H groups in total. The van der Waals surface area contributed by atoms with E-state index in [2.05, 4.69) is 0 Å². The monoisotopic (exact) mass is 278 g/mol. The predicted octanol–water partition coefficient (Wildman–Crippen LogP) is 2.24. The molecule has 0 radical (unpaired) electrons. The molecule has 1 aromatic carbocycles. The zero-order chi connectivity index (χ0) is 13.9. The zero-order valence-electron chi connectivity index (χ0n) is 11.9. The molecule has 1 aromatic rings. The van der Waals surface area contributed by atoms with E-state index in [1.54, 1.807) is 7.11 Å². The fraction of sp³-hybridized carbons (Fsp3) is 0.625. The first-order valence-corrected chi connectivity index (χ1v) is 7.36. The second-order valence-electron chi connectivity index (χ2n) is 5.57. The van der Waals surface area contributed by atoms with Crippen molar-refractivity contribution in [3.63, 3.8) is 0 Å². The van der Waals surface area contributed by atoms with Gasteiger partial charge in [-0.25, -0.2) is 0 Å². The average Bonchev–Trinajstić information content (AvgIpc) is 2.82. The minimum Gasteiger partial charge on any atom is -0.497 e. The molecular formula is C16H22O4. The Hall–Kier alpha value is -1.10. The highest BCUT2D eigenvalue weighted by Crippen LogP contribution is 2.35. The third-order valence-corrected chi connectivity index (χ3v) is 4.22. The van der Waals surface area contributed by atoms with Crippen LogP contribution in [0.2, 0.25) is 0 Å². The van der Waals surface area contributed by atoms with Gasteiger partial charge < -0.3 is 19.3 Å². The predicted molar refractivity (Wildman–Crippen MR) is 75.0 cm³/mol. The minimum atomic E-state index is -0.566.